The van der Waals surface area contributed by atoms with E-state index in [2.05, 4.69) is 4.74 Å². The van der Waals surface area contributed by atoms with Gasteiger partial charge in [0.05, 0.1) is 6.61 Å². The number of carbonyl (C=O) groups excluding carboxylic acids is 1. The van der Waals surface area contributed by atoms with Crippen LogP contribution < -0.4 is 11.2 Å². The summed E-state index contributed by atoms with van der Waals surface area (Å²) in [6.45, 7) is 1.77. The Kier molecular flexibility index (Phi) is 3.43. The van der Waals surface area contributed by atoms with Gasteiger partial charge in [0.2, 0.25) is 0 Å². The number of esters is 1. The monoisotopic (exact) mass is 212 g/mol. The largest absolute Gasteiger partial charge is 0.465 e. The molecule has 0 aromatic carbocycles. The second-order valence-corrected chi connectivity index (χ2v) is 2.93. The smallest absolute Gasteiger partial charge is 0.331 e. The first-order valence-electron chi connectivity index (χ1n) is 4.48. The van der Waals surface area contributed by atoms with Crippen molar-refractivity contribution in [2.75, 3.05) is 6.61 Å². The summed E-state index contributed by atoms with van der Waals surface area (Å²) in [6, 6.07) is 1.22. The molecule has 0 radical (unpaired) electrons. The van der Waals surface area contributed by atoms with Crippen molar-refractivity contribution in [3.63, 3.8) is 0 Å². The molecule has 15 heavy (non-hydrogen) atoms. The van der Waals surface area contributed by atoms with Crippen molar-refractivity contribution in [2.24, 2.45) is 7.05 Å². The summed E-state index contributed by atoms with van der Waals surface area (Å²) >= 11 is 0. The minimum atomic E-state index is -0.532. The standard InChI is InChI=1S/C9H12N2O4/c1-3-15-8(13)6-11-5-4-7(12)10(2)9(11)14/h4-5H,3,6H2,1-2H3. The molecule has 6 heteroatoms. The van der Waals surface area contributed by atoms with E-state index >= 15 is 0 Å². The van der Waals surface area contributed by atoms with Gasteiger partial charge in [0.1, 0.15) is 6.54 Å². The average molecular weight is 212 g/mol. The van der Waals surface area contributed by atoms with E-state index in [1.54, 1.807) is 6.92 Å². The van der Waals surface area contributed by atoms with Crippen LogP contribution in [0.5, 0.6) is 0 Å². The molecule has 0 spiro atoms. The highest BCUT2D eigenvalue weighted by Gasteiger charge is 2.06. The first kappa shape index (κ1) is 11.2. The molecule has 0 bridgehead atoms. The van der Waals surface area contributed by atoms with Gasteiger partial charge in [-0.3, -0.25) is 18.7 Å². The normalized spacial score (nSPS) is 10.0. The lowest BCUT2D eigenvalue weighted by molar-refractivity contribution is -0.143. The van der Waals surface area contributed by atoms with Crippen molar-refractivity contribution < 1.29 is 9.53 Å². The van der Waals surface area contributed by atoms with Gasteiger partial charge in [0.25, 0.3) is 5.56 Å². The molecule has 1 aromatic heterocycles. The van der Waals surface area contributed by atoms with Crippen molar-refractivity contribution in [1.82, 2.24) is 9.13 Å². The van der Waals surface area contributed by atoms with E-state index in [9.17, 15) is 14.4 Å². The molecule has 0 saturated carbocycles. The van der Waals surface area contributed by atoms with E-state index < -0.39 is 17.2 Å². The molecule has 0 fully saturated rings. The average Bonchev–Trinajstić information content (AvgIpc) is 2.20. The van der Waals surface area contributed by atoms with E-state index in [4.69, 9.17) is 0 Å². The van der Waals surface area contributed by atoms with E-state index in [0.717, 1.165) is 9.13 Å². The molecular formula is C9H12N2O4. The van der Waals surface area contributed by atoms with Gasteiger partial charge in [-0.1, -0.05) is 0 Å². The lowest BCUT2D eigenvalue weighted by Crippen LogP contribution is -2.38. The van der Waals surface area contributed by atoms with Gasteiger partial charge in [-0.15, -0.1) is 0 Å². The highest BCUT2D eigenvalue weighted by molar-refractivity contribution is 5.69. The highest BCUT2D eigenvalue weighted by atomic mass is 16.5. The molecule has 0 atom stereocenters. The summed E-state index contributed by atoms with van der Waals surface area (Å²) in [7, 11) is 1.35. The Morgan fingerprint density at radius 1 is 1.47 bits per heavy atom. The third-order valence-electron chi connectivity index (χ3n) is 1.87. The lowest BCUT2D eigenvalue weighted by atomic mass is 10.5. The van der Waals surface area contributed by atoms with Crippen molar-refractivity contribution in [3.8, 4) is 0 Å². The van der Waals surface area contributed by atoms with E-state index in [1.165, 1.54) is 19.3 Å². The Balaban J connectivity index is 2.98. The van der Waals surface area contributed by atoms with Crippen LogP contribution in [0.1, 0.15) is 6.92 Å². The maximum absolute atomic E-state index is 11.4. The SMILES string of the molecule is CCOC(=O)Cn1ccc(=O)n(C)c1=O. The van der Waals surface area contributed by atoms with Gasteiger partial charge in [-0.05, 0) is 6.92 Å². The first-order valence-corrected chi connectivity index (χ1v) is 4.48. The fourth-order valence-corrected chi connectivity index (χ4v) is 1.08. The highest BCUT2D eigenvalue weighted by Crippen LogP contribution is 1.83. The molecular weight excluding hydrogens is 200 g/mol. The number of nitrogens with zero attached hydrogens (tertiary/aromatic N) is 2. The number of ether oxygens (including phenoxy) is 1. The molecule has 0 aliphatic heterocycles. The summed E-state index contributed by atoms with van der Waals surface area (Å²) in [5.74, 6) is -0.502. The van der Waals surface area contributed by atoms with Crippen LogP contribution in [0.3, 0.4) is 0 Å². The van der Waals surface area contributed by atoms with Crippen LogP contribution in [0.25, 0.3) is 0 Å². The molecule has 1 rings (SSSR count). The maximum Gasteiger partial charge on any atom is 0.331 e. The lowest BCUT2D eigenvalue weighted by Gasteiger charge is -2.05. The second kappa shape index (κ2) is 4.59. The minimum absolute atomic E-state index is 0.180. The van der Waals surface area contributed by atoms with Crippen LogP contribution >= 0.6 is 0 Å². The van der Waals surface area contributed by atoms with E-state index in [1.807, 2.05) is 0 Å². The summed E-state index contributed by atoms with van der Waals surface area (Å²) in [5, 5.41) is 0. The van der Waals surface area contributed by atoms with Crippen LogP contribution in [-0.2, 0) is 23.1 Å². The van der Waals surface area contributed by atoms with E-state index in [-0.39, 0.29) is 13.2 Å². The van der Waals surface area contributed by atoms with Crippen molar-refractivity contribution >= 4 is 5.97 Å². The molecule has 0 amide bonds. The third-order valence-corrected chi connectivity index (χ3v) is 1.87. The van der Waals surface area contributed by atoms with Gasteiger partial charge < -0.3 is 4.74 Å². The fourth-order valence-electron chi connectivity index (χ4n) is 1.08. The van der Waals surface area contributed by atoms with Crippen LogP contribution in [0.2, 0.25) is 0 Å². The molecule has 0 saturated heterocycles. The van der Waals surface area contributed by atoms with E-state index in [0.29, 0.717) is 0 Å². The Bertz CT molecular complexity index is 472. The topological polar surface area (TPSA) is 70.3 Å². The predicted octanol–water partition coefficient (Wildman–Crippen LogP) is -0.890. The quantitative estimate of drug-likeness (QED) is 0.609. The number of aromatic nitrogens is 2. The van der Waals surface area contributed by atoms with Gasteiger partial charge >= 0.3 is 11.7 Å². The molecule has 0 unspecified atom stereocenters. The zero-order chi connectivity index (χ0) is 11.4. The van der Waals surface area contributed by atoms with Gasteiger partial charge in [-0.25, -0.2) is 4.79 Å². The second-order valence-electron chi connectivity index (χ2n) is 2.93. The molecule has 0 N–H and O–H groups in total. The minimum Gasteiger partial charge on any atom is -0.465 e. The Morgan fingerprint density at radius 3 is 2.73 bits per heavy atom. The van der Waals surface area contributed by atoms with Gasteiger partial charge in [0.15, 0.2) is 0 Å². The van der Waals surface area contributed by atoms with Crippen LogP contribution in [0, 0.1) is 0 Å². The van der Waals surface area contributed by atoms with Crippen LogP contribution in [0.15, 0.2) is 21.9 Å². The zero-order valence-electron chi connectivity index (χ0n) is 8.60. The maximum atomic E-state index is 11.4. The summed E-state index contributed by atoms with van der Waals surface area (Å²) < 4.78 is 6.74. The van der Waals surface area contributed by atoms with Crippen molar-refractivity contribution in [3.05, 3.63) is 33.1 Å². The molecule has 82 valence electrons. The van der Waals surface area contributed by atoms with Crippen molar-refractivity contribution in [2.45, 2.75) is 13.5 Å². The molecule has 1 aromatic rings. The van der Waals surface area contributed by atoms with Crippen LogP contribution in [-0.4, -0.2) is 21.7 Å². The molecule has 6 nitrogen and oxygen atoms in total. The summed E-state index contributed by atoms with van der Waals surface area (Å²) in [4.78, 5) is 33.6. The number of carbonyl (C=O) groups is 1. The zero-order valence-corrected chi connectivity index (χ0v) is 8.60. The summed E-state index contributed by atoms with van der Waals surface area (Å²) in [5.41, 5.74) is -0.935. The molecule has 1 heterocycles. The van der Waals surface area contributed by atoms with Crippen LogP contribution in [0.4, 0.5) is 0 Å². The Morgan fingerprint density at radius 2 is 2.13 bits per heavy atom. The number of rotatable bonds is 3. The fraction of sp³-hybridized carbons (Fsp3) is 0.444. The first-order chi connectivity index (χ1) is 7.06. The predicted molar refractivity (Wildman–Crippen MR) is 52.6 cm³/mol. The van der Waals surface area contributed by atoms with Gasteiger partial charge in [-0.2, -0.15) is 0 Å². The molecule has 0 aliphatic carbocycles. The number of hydrogen-bond donors (Lipinski definition) is 0. The summed E-state index contributed by atoms with van der Waals surface area (Å²) in [6.07, 6.45) is 1.28. The number of hydrogen-bond acceptors (Lipinski definition) is 4. The van der Waals surface area contributed by atoms with Gasteiger partial charge in [0, 0.05) is 19.3 Å². The Labute approximate surface area is 85.7 Å². The third kappa shape index (κ3) is 2.55. The molecule has 0 aliphatic rings. The Hall–Kier alpha value is -1.85. The van der Waals surface area contributed by atoms with Crippen molar-refractivity contribution in [1.29, 1.82) is 0 Å².